The van der Waals surface area contributed by atoms with Crippen LogP contribution in [0.5, 0.6) is 0 Å². The van der Waals surface area contributed by atoms with Gasteiger partial charge in [-0.25, -0.2) is 9.59 Å². The lowest BCUT2D eigenvalue weighted by atomic mass is 9.96. The van der Waals surface area contributed by atoms with Gasteiger partial charge in [0.25, 0.3) is 0 Å². The molecule has 2 atom stereocenters. The first-order valence-electron chi connectivity index (χ1n) is 10.2. The van der Waals surface area contributed by atoms with E-state index < -0.39 is 11.7 Å². The molecule has 2 amide bonds. The fourth-order valence-corrected chi connectivity index (χ4v) is 3.18. The summed E-state index contributed by atoms with van der Waals surface area (Å²) >= 11 is 6.18. The summed E-state index contributed by atoms with van der Waals surface area (Å²) in [5.41, 5.74) is 0.350. The van der Waals surface area contributed by atoms with E-state index in [1.54, 1.807) is 11.0 Å². The van der Waals surface area contributed by atoms with Crippen molar-refractivity contribution in [3.8, 4) is 0 Å². The van der Waals surface area contributed by atoms with Crippen molar-refractivity contribution in [2.45, 2.75) is 52.7 Å². The molecule has 170 valence electrons. The highest BCUT2D eigenvalue weighted by Crippen LogP contribution is 2.29. The third-order valence-corrected chi connectivity index (χ3v) is 4.44. The summed E-state index contributed by atoms with van der Waals surface area (Å²) in [4.78, 5) is 25.6. The monoisotopic (exact) mass is 442 g/mol. The average molecular weight is 443 g/mol. The van der Waals surface area contributed by atoms with Gasteiger partial charge in [-0.05, 0) is 44.9 Å². The molecule has 30 heavy (non-hydrogen) atoms. The molecule has 0 aliphatic rings. The number of rotatable bonds is 10. The molecule has 0 saturated heterocycles. The molecular weight excluding hydrogens is 408 g/mol. The molecule has 2 unspecified atom stereocenters. The van der Waals surface area contributed by atoms with E-state index in [9.17, 15) is 9.59 Å². The van der Waals surface area contributed by atoms with E-state index in [1.807, 2.05) is 52.8 Å². The average Bonchev–Trinajstić information content (AvgIpc) is 2.65. The van der Waals surface area contributed by atoms with Crippen LogP contribution in [0, 0.1) is 5.92 Å². The first kappa shape index (κ1) is 26.0. The van der Waals surface area contributed by atoms with Gasteiger partial charge in [-0.2, -0.15) is 0 Å². The molecule has 1 N–H and O–H groups in total. The highest BCUT2D eigenvalue weighted by molar-refractivity contribution is 6.30. The van der Waals surface area contributed by atoms with Gasteiger partial charge in [0, 0.05) is 30.6 Å². The summed E-state index contributed by atoms with van der Waals surface area (Å²) in [6.45, 7) is 11.2. The Bertz CT molecular complexity index is 678. The third kappa shape index (κ3) is 9.67. The Morgan fingerprint density at radius 2 is 1.97 bits per heavy atom. The minimum absolute atomic E-state index is 0.0411. The number of nitrogens with one attached hydrogen (secondary N) is 1. The van der Waals surface area contributed by atoms with Gasteiger partial charge < -0.3 is 24.4 Å². The van der Waals surface area contributed by atoms with Crippen molar-refractivity contribution in [2.24, 2.45) is 5.92 Å². The molecule has 0 aliphatic carbocycles. The van der Waals surface area contributed by atoms with E-state index in [0.29, 0.717) is 24.7 Å². The van der Waals surface area contributed by atoms with E-state index in [4.69, 9.17) is 21.1 Å². The number of carbonyl (C=O) groups excluding carboxylic acids is 2. The van der Waals surface area contributed by atoms with Crippen LogP contribution < -0.4 is 5.32 Å². The van der Waals surface area contributed by atoms with Gasteiger partial charge in [-0.1, -0.05) is 37.6 Å². The highest BCUT2D eigenvalue weighted by atomic mass is 35.5. The van der Waals surface area contributed by atoms with E-state index in [-0.39, 0.29) is 24.7 Å². The molecule has 0 saturated carbocycles. The fourth-order valence-electron chi connectivity index (χ4n) is 2.98. The number of ether oxygens (including phenoxy) is 3. The van der Waals surface area contributed by atoms with Crippen LogP contribution in [0.2, 0.25) is 5.02 Å². The minimum atomic E-state index is -0.561. The van der Waals surface area contributed by atoms with Gasteiger partial charge in [0.1, 0.15) is 5.60 Å². The van der Waals surface area contributed by atoms with Gasteiger partial charge in [0.05, 0.1) is 19.8 Å². The van der Waals surface area contributed by atoms with Gasteiger partial charge >= 0.3 is 12.2 Å². The third-order valence-electron chi connectivity index (χ3n) is 4.20. The number of hydrogen-bond acceptors (Lipinski definition) is 5. The summed E-state index contributed by atoms with van der Waals surface area (Å²) in [6.07, 6.45) is -0.346. The summed E-state index contributed by atoms with van der Waals surface area (Å²) in [6, 6.07) is 7.47. The Labute approximate surface area is 185 Å². The summed E-state index contributed by atoms with van der Waals surface area (Å²) in [5.74, 6) is -0.0411. The first-order valence-corrected chi connectivity index (χ1v) is 10.6. The second-order valence-electron chi connectivity index (χ2n) is 8.17. The second kappa shape index (κ2) is 12.6. The molecule has 1 rings (SSSR count). The number of nitrogens with zero attached hydrogens (tertiary/aromatic N) is 1. The molecule has 0 bridgehead atoms. The molecule has 0 radical (unpaired) electrons. The standard InChI is InChI=1S/C22H35ClN2O5/c1-7-12-25(21(27)30-22(3,4)5)15-16(2)19(17-9-8-10-18(23)14-17)29-13-11-24-20(26)28-6/h8-10,14,16,19H,7,11-13,15H2,1-6H3,(H,24,26). The number of methoxy groups -OCH3 is 1. The maximum absolute atomic E-state index is 12.6. The van der Waals surface area contributed by atoms with Crippen LogP contribution in [-0.2, 0) is 14.2 Å². The zero-order chi connectivity index (χ0) is 22.7. The number of benzene rings is 1. The minimum Gasteiger partial charge on any atom is -0.453 e. The summed E-state index contributed by atoms with van der Waals surface area (Å²) in [5, 5.41) is 3.21. The number of carbonyl (C=O) groups is 2. The lowest BCUT2D eigenvalue weighted by molar-refractivity contribution is -0.00623. The molecule has 1 aromatic carbocycles. The molecule has 0 fully saturated rings. The highest BCUT2D eigenvalue weighted by Gasteiger charge is 2.27. The maximum Gasteiger partial charge on any atom is 0.410 e. The van der Waals surface area contributed by atoms with Crippen LogP contribution >= 0.6 is 11.6 Å². The lowest BCUT2D eigenvalue weighted by Gasteiger charge is -2.32. The molecule has 0 aliphatic heterocycles. The predicted octanol–water partition coefficient (Wildman–Crippen LogP) is 5.04. The fraction of sp³-hybridized carbons (Fsp3) is 0.636. The smallest absolute Gasteiger partial charge is 0.410 e. The number of amides is 2. The zero-order valence-electron chi connectivity index (χ0n) is 18.9. The molecule has 8 heteroatoms. The van der Waals surface area contributed by atoms with E-state index in [0.717, 1.165) is 12.0 Å². The van der Waals surface area contributed by atoms with Crippen LogP contribution in [-0.4, -0.2) is 56.0 Å². The first-order chi connectivity index (χ1) is 14.1. The Morgan fingerprint density at radius 1 is 1.27 bits per heavy atom. The van der Waals surface area contributed by atoms with Crippen LogP contribution in [0.25, 0.3) is 0 Å². The Kier molecular flexibility index (Phi) is 11.0. The normalized spacial score (nSPS) is 13.3. The number of halogens is 1. The number of alkyl carbamates (subject to hydrolysis) is 1. The van der Waals surface area contributed by atoms with Crippen molar-refractivity contribution in [3.05, 3.63) is 34.9 Å². The van der Waals surface area contributed by atoms with Crippen molar-refractivity contribution in [3.63, 3.8) is 0 Å². The van der Waals surface area contributed by atoms with Crippen molar-refractivity contribution in [2.75, 3.05) is 33.4 Å². The maximum atomic E-state index is 12.6. The van der Waals surface area contributed by atoms with Crippen molar-refractivity contribution in [1.29, 1.82) is 0 Å². The second-order valence-corrected chi connectivity index (χ2v) is 8.60. The molecule has 1 aromatic rings. The lowest BCUT2D eigenvalue weighted by Crippen LogP contribution is -2.41. The summed E-state index contributed by atoms with van der Waals surface area (Å²) < 4.78 is 16.2. The Hall–Kier alpha value is -1.99. The largest absolute Gasteiger partial charge is 0.453 e. The zero-order valence-corrected chi connectivity index (χ0v) is 19.6. The van der Waals surface area contributed by atoms with Crippen molar-refractivity contribution < 1.29 is 23.8 Å². The Morgan fingerprint density at radius 3 is 2.53 bits per heavy atom. The van der Waals surface area contributed by atoms with Gasteiger partial charge in [0.15, 0.2) is 0 Å². The predicted molar refractivity (Wildman–Crippen MR) is 118 cm³/mol. The molecular formula is C22H35ClN2O5. The van der Waals surface area contributed by atoms with Crippen LogP contribution in [0.4, 0.5) is 9.59 Å². The Balaban J connectivity index is 2.91. The van der Waals surface area contributed by atoms with E-state index >= 15 is 0 Å². The van der Waals surface area contributed by atoms with Crippen LogP contribution in [0.1, 0.15) is 52.7 Å². The molecule has 0 aromatic heterocycles. The van der Waals surface area contributed by atoms with Gasteiger partial charge in [0.2, 0.25) is 0 Å². The molecule has 7 nitrogen and oxygen atoms in total. The number of hydrogen-bond donors (Lipinski definition) is 1. The quantitative estimate of drug-likeness (QED) is 0.514. The SMILES string of the molecule is CCCN(CC(C)C(OCCNC(=O)OC)c1cccc(Cl)c1)C(=O)OC(C)(C)C. The summed E-state index contributed by atoms with van der Waals surface area (Å²) in [7, 11) is 1.31. The van der Waals surface area contributed by atoms with E-state index in [2.05, 4.69) is 10.1 Å². The molecule has 0 heterocycles. The van der Waals surface area contributed by atoms with Crippen LogP contribution in [0.3, 0.4) is 0 Å². The topological polar surface area (TPSA) is 77.1 Å². The van der Waals surface area contributed by atoms with Gasteiger partial charge in [-0.3, -0.25) is 0 Å². The van der Waals surface area contributed by atoms with Crippen molar-refractivity contribution >= 4 is 23.8 Å². The van der Waals surface area contributed by atoms with Crippen LogP contribution in [0.15, 0.2) is 24.3 Å². The van der Waals surface area contributed by atoms with Gasteiger partial charge in [-0.15, -0.1) is 0 Å². The van der Waals surface area contributed by atoms with E-state index in [1.165, 1.54) is 7.11 Å². The van der Waals surface area contributed by atoms with Crippen molar-refractivity contribution in [1.82, 2.24) is 10.2 Å². The molecule has 0 spiro atoms.